The van der Waals surface area contributed by atoms with Crippen molar-refractivity contribution in [3.63, 3.8) is 0 Å². The van der Waals surface area contributed by atoms with Crippen LogP contribution in [0.15, 0.2) is 89.2 Å². The van der Waals surface area contributed by atoms with Gasteiger partial charge in [0, 0.05) is 12.3 Å². The van der Waals surface area contributed by atoms with Gasteiger partial charge in [0.2, 0.25) is 17.7 Å². The number of carbonyl (C=O) groups is 4. The summed E-state index contributed by atoms with van der Waals surface area (Å²) in [5.41, 5.74) is 0.222. The molecule has 2 aliphatic heterocycles. The Morgan fingerprint density at radius 3 is 2.38 bits per heavy atom. The maximum absolute atomic E-state index is 14.7. The first-order valence-electron chi connectivity index (χ1n) is 20.0. The van der Waals surface area contributed by atoms with Gasteiger partial charge in [-0.1, -0.05) is 61.4 Å². The number of benzene rings is 2. The highest BCUT2D eigenvalue weighted by atomic mass is 32.2. The van der Waals surface area contributed by atoms with Gasteiger partial charge in [0.15, 0.2) is 0 Å². The van der Waals surface area contributed by atoms with Gasteiger partial charge in [-0.15, -0.1) is 11.3 Å². The van der Waals surface area contributed by atoms with Crippen molar-refractivity contribution in [2.45, 2.75) is 105 Å². The maximum Gasteiger partial charge on any atom is 0.408 e. The second kappa shape index (κ2) is 16.9. The minimum atomic E-state index is -4.26. The van der Waals surface area contributed by atoms with E-state index in [9.17, 15) is 27.6 Å². The monoisotopic (exact) mass is 826 g/mol. The lowest BCUT2D eigenvalue weighted by atomic mass is 10.0. The largest absolute Gasteiger partial charge is 0.471 e. The van der Waals surface area contributed by atoms with Crippen LogP contribution in [0.4, 0.5) is 4.79 Å². The molecule has 0 radical (unpaired) electrons. The van der Waals surface area contributed by atoms with Crippen molar-refractivity contribution in [2.24, 2.45) is 5.92 Å². The second-order valence-electron chi connectivity index (χ2n) is 15.4. The molecule has 4 aromatic rings. The van der Waals surface area contributed by atoms with Crippen LogP contribution < -0.4 is 20.1 Å². The number of carbonyl (C=O) groups excluding carboxylic acids is 4. The van der Waals surface area contributed by atoms with Gasteiger partial charge in [0.25, 0.3) is 15.9 Å². The van der Waals surface area contributed by atoms with Gasteiger partial charge in [-0.25, -0.2) is 27.9 Å². The Kier molecular flexibility index (Phi) is 11.5. The van der Waals surface area contributed by atoms with E-state index in [0.717, 1.165) is 43.4 Å². The summed E-state index contributed by atoms with van der Waals surface area (Å²) in [5, 5.41) is 7.64. The smallest absolute Gasteiger partial charge is 0.408 e. The fourth-order valence-electron chi connectivity index (χ4n) is 8.17. The average Bonchev–Trinajstić information content (AvgIpc) is 3.72. The highest BCUT2D eigenvalue weighted by Crippen LogP contribution is 2.46. The van der Waals surface area contributed by atoms with E-state index in [1.807, 2.05) is 53.9 Å². The van der Waals surface area contributed by atoms with Gasteiger partial charge in [-0.2, -0.15) is 0 Å². The number of ether oxygens (including phenoxy) is 2. The van der Waals surface area contributed by atoms with Crippen molar-refractivity contribution in [2.75, 3.05) is 6.54 Å². The number of para-hydroxylation sites is 2. The minimum Gasteiger partial charge on any atom is -0.471 e. The first-order chi connectivity index (χ1) is 28.1. The predicted molar refractivity (Wildman–Crippen MR) is 216 cm³/mol. The number of hydrogen-bond donors (Lipinski definition) is 3. The number of rotatable bonds is 8. The van der Waals surface area contributed by atoms with Crippen molar-refractivity contribution < 1.29 is 37.1 Å². The molecule has 4 aliphatic rings. The van der Waals surface area contributed by atoms with Gasteiger partial charge >= 0.3 is 6.09 Å². The number of alkyl carbamates (subject to hydrolysis) is 1. The molecular formula is C42H46N6O8S2. The maximum atomic E-state index is 14.7. The molecule has 5 atom stereocenters. The molecule has 2 aliphatic carbocycles. The number of hydrogen-bond acceptors (Lipinski definition) is 11. The van der Waals surface area contributed by atoms with E-state index in [-0.39, 0.29) is 36.3 Å². The van der Waals surface area contributed by atoms with Gasteiger partial charge < -0.3 is 25.0 Å². The number of aromatic nitrogens is 2. The lowest BCUT2D eigenvalue weighted by molar-refractivity contribution is -0.141. The van der Waals surface area contributed by atoms with Crippen molar-refractivity contribution in [1.29, 1.82) is 0 Å². The van der Waals surface area contributed by atoms with Crippen LogP contribution in [0, 0.1) is 5.92 Å². The van der Waals surface area contributed by atoms with E-state index in [4.69, 9.17) is 19.4 Å². The molecule has 8 rings (SSSR count). The van der Waals surface area contributed by atoms with Crippen molar-refractivity contribution in [3.8, 4) is 16.5 Å². The van der Waals surface area contributed by atoms with Crippen molar-refractivity contribution >= 4 is 56.2 Å². The number of nitrogens with zero attached hydrogens (tertiary/aromatic N) is 3. The van der Waals surface area contributed by atoms with Gasteiger partial charge in [-0.3, -0.25) is 14.4 Å². The first-order valence-corrected chi connectivity index (χ1v) is 22.3. The summed E-state index contributed by atoms with van der Waals surface area (Å²) in [7, 11) is -4.26. The normalized spacial score (nSPS) is 26.0. The summed E-state index contributed by atoms with van der Waals surface area (Å²) in [6.45, 7) is -0.0317. The molecule has 304 valence electrons. The fourth-order valence-corrected chi connectivity index (χ4v) is 9.93. The van der Waals surface area contributed by atoms with E-state index < -0.39 is 63.5 Å². The van der Waals surface area contributed by atoms with Gasteiger partial charge in [0.05, 0.1) is 27.4 Å². The molecule has 0 spiro atoms. The molecule has 4 heterocycles. The van der Waals surface area contributed by atoms with Gasteiger partial charge in [-0.05, 0) is 87.1 Å². The third-order valence-electron chi connectivity index (χ3n) is 11.4. The third kappa shape index (κ3) is 8.58. The highest BCUT2D eigenvalue weighted by Gasteiger charge is 2.61. The van der Waals surface area contributed by atoms with Crippen LogP contribution >= 0.6 is 11.3 Å². The van der Waals surface area contributed by atoms with Crippen LogP contribution in [0.2, 0.25) is 0 Å². The Balaban J connectivity index is 1.11. The summed E-state index contributed by atoms with van der Waals surface area (Å²) < 4.78 is 41.1. The first kappa shape index (κ1) is 39.5. The molecule has 14 nitrogen and oxygen atoms in total. The summed E-state index contributed by atoms with van der Waals surface area (Å²) in [6.07, 6.45) is 8.99. The topological polar surface area (TPSA) is 186 Å². The number of fused-ring (bicyclic) bond motifs is 3. The fraction of sp³-hybridized carbons (Fsp3) is 0.429. The second-order valence-corrected chi connectivity index (χ2v) is 18.0. The lowest BCUT2D eigenvalue weighted by Gasteiger charge is -2.30. The Labute approximate surface area is 340 Å². The standard InChI is InChI=1S/C42H46N6O8S2/c49-37-34-24-29(55-38-36(35-22-13-23-57-35)43-31-19-11-12-20-32(31)44-38)26-48(34)39(50)33(45-41(52)56-28-15-9-10-16-28)21-8-3-1-2-5-14-27-25-42(27,46-37)40(51)47-58(53,54)30-17-6-4-7-18-30/h4-7,11-14,17-20,22-23,27-29,33-34H,1-3,8-10,15-16,21,24-26H2,(H,45,52)(H,46,49)(H,47,51)/b14-5+/t27?,29-,33-,34+,42-/m1/s1. The number of amides is 4. The molecule has 2 saturated carbocycles. The SMILES string of the molecule is O=C(N[C@@H]1CCCCC/C=C/C2C[C@@]2(C(=O)NS(=O)(=O)c2ccccc2)NC(=O)[C@@H]2C[C@@H](Oc3nc4ccccc4nc3-c3cccs3)CN2C1=O)OC1CCCC1. The zero-order chi connectivity index (χ0) is 40.3. The van der Waals surface area contributed by atoms with Crippen LogP contribution in [0.3, 0.4) is 0 Å². The van der Waals surface area contributed by atoms with Crippen molar-refractivity contribution in [3.05, 3.63) is 84.3 Å². The molecular weight excluding hydrogens is 781 g/mol. The average molecular weight is 827 g/mol. The summed E-state index contributed by atoms with van der Waals surface area (Å²) in [4.78, 5) is 68.3. The van der Waals surface area contributed by atoms with Crippen LogP contribution in [0.25, 0.3) is 21.6 Å². The molecule has 2 aromatic heterocycles. The Morgan fingerprint density at radius 2 is 1.62 bits per heavy atom. The predicted octanol–water partition coefficient (Wildman–Crippen LogP) is 5.64. The van der Waals surface area contributed by atoms with E-state index in [1.165, 1.54) is 28.4 Å². The Morgan fingerprint density at radius 1 is 0.879 bits per heavy atom. The Bertz CT molecular complexity index is 2300. The molecule has 1 saturated heterocycles. The molecule has 1 unspecified atom stereocenters. The lowest BCUT2D eigenvalue weighted by Crippen LogP contribution is -2.58. The molecule has 4 amide bonds. The molecule has 58 heavy (non-hydrogen) atoms. The molecule has 16 heteroatoms. The summed E-state index contributed by atoms with van der Waals surface area (Å²) >= 11 is 1.47. The van der Waals surface area contributed by atoms with E-state index >= 15 is 0 Å². The van der Waals surface area contributed by atoms with Crippen LogP contribution in [-0.2, 0) is 29.1 Å². The number of thiophene rings is 1. The number of sulfonamides is 1. The molecule has 0 bridgehead atoms. The number of allylic oxidation sites excluding steroid dienone is 1. The highest BCUT2D eigenvalue weighted by molar-refractivity contribution is 7.90. The van der Waals surface area contributed by atoms with Crippen LogP contribution in [0.1, 0.15) is 70.6 Å². The third-order valence-corrected chi connectivity index (χ3v) is 13.6. The van der Waals surface area contributed by atoms with Crippen LogP contribution in [0.5, 0.6) is 5.88 Å². The zero-order valence-electron chi connectivity index (χ0n) is 31.9. The summed E-state index contributed by atoms with van der Waals surface area (Å²) in [6, 6.07) is 16.6. The molecule has 2 aromatic carbocycles. The van der Waals surface area contributed by atoms with Crippen molar-refractivity contribution in [1.82, 2.24) is 30.2 Å². The van der Waals surface area contributed by atoms with E-state index in [0.29, 0.717) is 36.0 Å². The minimum absolute atomic E-state index is 0.0235. The van der Waals surface area contributed by atoms with E-state index in [2.05, 4.69) is 15.4 Å². The van der Waals surface area contributed by atoms with Gasteiger partial charge in [0.1, 0.15) is 35.5 Å². The quantitative estimate of drug-likeness (QED) is 0.188. The molecule has 3 N–H and O–H groups in total. The molecule has 3 fully saturated rings. The van der Waals surface area contributed by atoms with Crippen LogP contribution in [-0.4, -0.2) is 83.5 Å². The Hall–Kier alpha value is -5.35. The summed E-state index contributed by atoms with van der Waals surface area (Å²) in [5.74, 6) is -2.23. The zero-order valence-corrected chi connectivity index (χ0v) is 33.5. The number of nitrogens with one attached hydrogen (secondary N) is 3. The van der Waals surface area contributed by atoms with E-state index in [1.54, 1.807) is 18.2 Å².